The van der Waals surface area contributed by atoms with Crippen LogP contribution in [0.1, 0.15) is 42.9 Å². The van der Waals surface area contributed by atoms with Gasteiger partial charge in [-0.15, -0.1) is 11.5 Å². The molecule has 92 valence electrons. The van der Waals surface area contributed by atoms with Crippen LogP contribution in [0.15, 0.2) is 6.07 Å². The van der Waals surface area contributed by atoms with E-state index in [4.69, 9.17) is 0 Å². The molecule has 0 saturated carbocycles. The van der Waals surface area contributed by atoms with Gasteiger partial charge in [-0.3, -0.25) is 0 Å². The monoisotopic (exact) mass is 264 g/mol. The summed E-state index contributed by atoms with van der Waals surface area (Å²) in [5.74, 6) is -0.698. The van der Waals surface area contributed by atoms with Crippen LogP contribution in [-0.2, 0) is 22.9 Å². The van der Waals surface area contributed by atoms with Gasteiger partial charge in [-0.2, -0.15) is 0 Å². The van der Waals surface area contributed by atoms with E-state index in [1.807, 2.05) is 6.92 Å². The first-order valence-corrected chi connectivity index (χ1v) is 5.55. The Kier molecular flexibility index (Phi) is 6.51. The summed E-state index contributed by atoms with van der Waals surface area (Å²) < 4.78 is 0. The molecule has 0 fully saturated rings. The Labute approximate surface area is 108 Å². The Balaban J connectivity index is 0.00000225. The molecule has 1 aromatic carbocycles. The average molecular weight is 265 g/mol. The van der Waals surface area contributed by atoms with Crippen LogP contribution in [0.5, 0.6) is 11.5 Å². The number of hydrogen-bond acceptors (Lipinski definition) is 2. The molecule has 2 nitrogen and oxygen atoms in total. The van der Waals surface area contributed by atoms with Crippen LogP contribution >= 0.6 is 0 Å². The summed E-state index contributed by atoms with van der Waals surface area (Å²) in [7, 11) is 0. The van der Waals surface area contributed by atoms with Gasteiger partial charge < -0.3 is 10.2 Å². The van der Waals surface area contributed by atoms with Crippen molar-refractivity contribution in [1.82, 2.24) is 0 Å². The molecule has 16 heavy (non-hydrogen) atoms. The molecule has 1 rings (SSSR count). The predicted octanol–water partition coefficient (Wildman–Crippen LogP) is 2.18. The first-order valence-electron chi connectivity index (χ1n) is 5.55. The van der Waals surface area contributed by atoms with Crippen molar-refractivity contribution in [2.45, 2.75) is 46.5 Å². The third kappa shape index (κ3) is 3.41. The van der Waals surface area contributed by atoms with Gasteiger partial charge in [0.25, 0.3) is 0 Å². The standard InChI is InChI=1S/C13H20O2.Ni/c1-4-5-6-7-11-8-12(14)13(15)10(3)9(11)2;/h8,14-15H,4-7H2,1-3H3;/q;+2/p-2. The molecule has 0 radical (unpaired) electrons. The van der Waals surface area contributed by atoms with Gasteiger partial charge in [0, 0.05) is 0 Å². The van der Waals surface area contributed by atoms with Crippen LogP contribution in [-0.4, -0.2) is 0 Å². The Bertz CT molecular complexity index is 348. The first kappa shape index (κ1) is 15.3. The maximum absolute atomic E-state index is 11.4. The summed E-state index contributed by atoms with van der Waals surface area (Å²) in [5.41, 5.74) is 2.66. The predicted molar refractivity (Wildman–Crippen MR) is 58.0 cm³/mol. The summed E-state index contributed by atoms with van der Waals surface area (Å²) >= 11 is 0. The minimum Gasteiger partial charge on any atom is -0.873 e. The number of rotatable bonds is 4. The quantitative estimate of drug-likeness (QED) is 0.618. The van der Waals surface area contributed by atoms with Gasteiger partial charge in [-0.25, -0.2) is 0 Å². The number of hydrogen-bond donors (Lipinski definition) is 0. The Morgan fingerprint density at radius 1 is 1.06 bits per heavy atom. The third-order valence-corrected chi connectivity index (χ3v) is 2.96. The fourth-order valence-electron chi connectivity index (χ4n) is 1.75. The van der Waals surface area contributed by atoms with Crippen molar-refractivity contribution in [1.29, 1.82) is 0 Å². The average Bonchev–Trinajstić information content (AvgIpc) is 2.23. The van der Waals surface area contributed by atoms with Crippen molar-refractivity contribution in [3.63, 3.8) is 0 Å². The molecule has 0 atom stereocenters. The van der Waals surface area contributed by atoms with Gasteiger partial charge in [0.05, 0.1) is 0 Å². The van der Waals surface area contributed by atoms with Crippen LogP contribution < -0.4 is 10.2 Å². The molecular weight excluding hydrogens is 247 g/mol. The molecule has 0 heterocycles. The minimum absolute atomic E-state index is 0. The summed E-state index contributed by atoms with van der Waals surface area (Å²) in [6.45, 7) is 5.82. The Hall–Kier alpha value is -0.686. The van der Waals surface area contributed by atoms with E-state index in [-0.39, 0.29) is 28.0 Å². The normalized spacial score (nSPS) is 9.94. The SMILES string of the molecule is CCCCCc1cc([O-])c([O-])c(C)c1C.[Ni+2]. The molecule has 3 heteroatoms. The molecule has 0 bridgehead atoms. The van der Waals surface area contributed by atoms with Gasteiger partial charge >= 0.3 is 16.5 Å². The first-order chi connectivity index (χ1) is 7.07. The van der Waals surface area contributed by atoms with Gasteiger partial charge in [0.15, 0.2) is 0 Å². The number of benzene rings is 1. The summed E-state index contributed by atoms with van der Waals surface area (Å²) in [6.07, 6.45) is 4.35. The van der Waals surface area contributed by atoms with Crippen LogP contribution in [0.3, 0.4) is 0 Å². The number of unbranched alkanes of at least 4 members (excludes halogenated alkanes) is 2. The van der Waals surface area contributed by atoms with Gasteiger partial charge in [0.1, 0.15) is 0 Å². The van der Waals surface area contributed by atoms with Gasteiger partial charge in [0.2, 0.25) is 0 Å². The second-order valence-corrected chi connectivity index (χ2v) is 4.07. The van der Waals surface area contributed by atoms with E-state index in [0.717, 1.165) is 24.0 Å². The Morgan fingerprint density at radius 2 is 1.69 bits per heavy atom. The molecule has 0 unspecified atom stereocenters. The van der Waals surface area contributed by atoms with E-state index in [0.29, 0.717) is 5.56 Å². The molecule has 0 saturated heterocycles. The molecule has 0 aromatic heterocycles. The zero-order valence-electron chi connectivity index (χ0n) is 10.0. The van der Waals surface area contributed by atoms with E-state index in [1.54, 1.807) is 6.92 Å². The zero-order chi connectivity index (χ0) is 11.4. The molecule has 0 aliphatic rings. The fraction of sp³-hybridized carbons (Fsp3) is 0.538. The van der Waals surface area contributed by atoms with Crippen LogP contribution in [0, 0.1) is 13.8 Å². The Morgan fingerprint density at radius 3 is 2.25 bits per heavy atom. The third-order valence-electron chi connectivity index (χ3n) is 2.96. The minimum atomic E-state index is -0.357. The zero-order valence-corrected chi connectivity index (χ0v) is 11.0. The summed E-state index contributed by atoms with van der Waals surface area (Å²) in [5, 5.41) is 22.7. The molecular formula is C13H18NiO2. The van der Waals surface area contributed by atoms with Gasteiger partial charge in [-0.05, 0) is 37.8 Å². The van der Waals surface area contributed by atoms with Crippen LogP contribution in [0.4, 0.5) is 0 Å². The summed E-state index contributed by atoms with van der Waals surface area (Å²) in [4.78, 5) is 0. The van der Waals surface area contributed by atoms with E-state index >= 15 is 0 Å². The smallest absolute Gasteiger partial charge is 0.873 e. The van der Waals surface area contributed by atoms with E-state index in [9.17, 15) is 10.2 Å². The fourth-order valence-corrected chi connectivity index (χ4v) is 1.75. The second kappa shape index (κ2) is 6.80. The summed E-state index contributed by atoms with van der Waals surface area (Å²) in [6, 6.07) is 1.51. The van der Waals surface area contributed by atoms with E-state index in [2.05, 4.69) is 6.92 Å². The molecule has 0 N–H and O–H groups in total. The maximum Gasteiger partial charge on any atom is 2.00 e. The number of aryl methyl sites for hydroxylation is 1. The molecule has 0 aliphatic carbocycles. The van der Waals surface area contributed by atoms with Gasteiger partial charge in [-0.1, -0.05) is 31.4 Å². The van der Waals surface area contributed by atoms with E-state index < -0.39 is 0 Å². The molecule has 0 spiro atoms. The molecule has 1 aromatic rings. The largest absolute Gasteiger partial charge is 2.00 e. The van der Waals surface area contributed by atoms with Crippen molar-refractivity contribution in [2.24, 2.45) is 0 Å². The van der Waals surface area contributed by atoms with Crippen LogP contribution in [0.2, 0.25) is 0 Å². The van der Waals surface area contributed by atoms with Crippen molar-refractivity contribution < 1.29 is 26.7 Å². The van der Waals surface area contributed by atoms with E-state index in [1.165, 1.54) is 18.9 Å². The van der Waals surface area contributed by atoms with Crippen molar-refractivity contribution >= 4 is 0 Å². The maximum atomic E-state index is 11.4. The van der Waals surface area contributed by atoms with Crippen LogP contribution in [0.25, 0.3) is 0 Å². The van der Waals surface area contributed by atoms with Crippen molar-refractivity contribution in [2.75, 3.05) is 0 Å². The second-order valence-electron chi connectivity index (χ2n) is 4.07. The topological polar surface area (TPSA) is 46.1 Å². The molecule has 0 amide bonds. The van der Waals surface area contributed by atoms with Crippen molar-refractivity contribution in [3.8, 4) is 11.5 Å². The molecule has 0 aliphatic heterocycles. The van der Waals surface area contributed by atoms with Crippen molar-refractivity contribution in [3.05, 3.63) is 22.8 Å².